The van der Waals surface area contributed by atoms with Crippen LogP contribution in [0.2, 0.25) is 0 Å². The molecule has 0 saturated carbocycles. The lowest BCUT2D eigenvalue weighted by Gasteiger charge is -2.45. The number of nitrogens with two attached hydrogens (primary N) is 1. The van der Waals surface area contributed by atoms with Crippen LogP contribution in [0, 0.1) is 0 Å². The highest BCUT2D eigenvalue weighted by molar-refractivity contribution is 5.94. The van der Waals surface area contributed by atoms with E-state index in [-0.39, 0.29) is 36.5 Å². The van der Waals surface area contributed by atoms with E-state index in [2.05, 4.69) is 37.9 Å². The number of hydrogen-bond donors (Lipinski definition) is 5. The number of piperidine rings is 1. The Hall–Kier alpha value is -5.27. The van der Waals surface area contributed by atoms with Crippen molar-refractivity contribution in [1.29, 1.82) is 0 Å². The Balaban J connectivity index is 0.906. The van der Waals surface area contributed by atoms with Gasteiger partial charge in [0.2, 0.25) is 17.7 Å². The third-order valence-corrected chi connectivity index (χ3v) is 11.4. The Labute approximate surface area is 334 Å². The second-order valence-electron chi connectivity index (χ2n) is 15.3. The van der Waals surface area contributed by atoms with Crippen LogP contribution in [0.4, 0.5) is 17.1 Å². The first kappa shape index (κ1) is 39.9. The van der Waals surface area contributed by atoms with Crippen molar-refractivity contribution in [3.63, 3.8) is 0 Å². The first-order valence-corrected chi connectivity index (χ1v) is 20.1. The van der Waals surface area contributed by atoms with E-state index in [1.807, 2.05) is 78.9 Å². The second kappa shape index (κ2) is 18.8. The quantitative estimate of drug-likeness (QED) is 0.0729. The molecule has 3 saturated heterocycles. The van der Waals surface area contributed by atoms with Crippen molar-refractivity contribution in [3.05, 3.63) is 125 Å². The number of aliphatic hydroxyl groups excluding tert-OH is 1. The Morgan fingerprint density at radius 1 is 0.807 bits per heavy atom. The van der Waals surface area contributed by atoms with Crippen LogP contribution in [-0.2, 0) is 37.0 Å². The molecule has 3 fully saturated rings. The van der Waals surface area contributed by atoms with Crippen LogP contribution >= 0.6 is 0 Å². The van der Waals surface area contributed by atoms with Gasteiger partial charge >= 0.3 is 0 Å². The Morgan fingerprint density at radius 3 is 2.19 bits per heavy atom. The Bertz CT molecular complexity index is 1950. The van der Waals surface area contributed by atoms with Crippen molar-refractivity contribution in [3.8, 4) is 0 Å². The molecule has 300 valence electrons. The monoisotopic (exact) mass is 774 g/mol. The highest BCUT2D eigenvalue weighted by atomic mass is 16.7. The maximum atomic E-state index is 13.2. The van der Waals surface area contributed by atoms with Gasteiger partial charge in [-0.2, -0.15) is 0 Å². The number of aliphatic hydroxyl groups is 1. The van der Waals surface area contributed by atoms with Crippen molar-refractivity contribution >= 4 is 34.8 Å². The van der Waals surface area contributed by atoms with Gasteiger partial charge in [0.25, 0.3) is 0 Å². The van der Waals surface area contributed by atoms with Crippen molar-refractivity contribution in [2.75, 3.05) is 42.3 Å². The molecule has 0 aliphatic carbocycles. The van der Waals surface area contributed by atoms with Gasteiger partial charge < -0.3 is 46.1 Å². The number of carbonyl (C=O) groups is 3. The van der Waals surface area contributed by atoms with Gasteiger partial charge in [-0.05, 0) is 66.6 Å². The molecule has 12 nitrogen and oxygen atoms in total. The molecule has 3 amide bonds. The lowest BCUT2D eigenvalue weighted by Crippen LogP contribution is -2.57. The molecule has 3 heterocycles. The fourth-order valence-corrected chi connectivity index (χ4v) is 8.11. The first-order chi connectivity index (χ1) is 27.8. The van der Waals surface area contributed by atoms with Crippen LogP contribution < -0.4 is 26.6 Å². The number of rotatable bonds is 15. The molecule has 3 aliphatic rings. The van der Waals surface area contributed by atoms with Crippen molar-refractivity contribution < 1.29 is 29.0 Å². The lowest BCUT2D eigenvalue weighted by molar-refractivity contribution is -0.253. The summed E-state index contributed by atoms with van der Waals surface area (Å²) in [7, 11) is 0. The zero-order valence-electron chi connectivity index (χ0n) is 32.4. The summed E-state index contributed by atoms with van der Waals surface area (Å²) in [6, 6.07) is 33.2. The SMILES string of the molecule is Nc1ccccc1NC(=O)CCCCCC(=O)NCc1ccc([C@H]2O[C@@H](CN3CCC4(CC3)C(=O)NCN4c3ccccc3)C[C@@H](c3ccc(CO)cc3)O2)cc1. The molecule has 3 atom stereocenters. The van der Waals surface area contributed by atoms with Crippen LogP contribution in [0.5, 0.6) is 0 Å². The molecular weight excluding hydrogens is 721 g/mol. The van der Waals surface area contributed by atoms with E-state index >= 15 is 0 Å². The summed E-state index contributed by atoms with van der Waals surface area (Å²) in [5.74, 6) is -0.00583. The molecule has 0 radical (unpaired) electrons. The van der Waals surface area contributed by atoms with Crippen LogP contribution in [-0.4, -0.2) is 65.7 Å². The van der Waals surface area contributed by atoms with E-state index in [4.69, 9.17) is 15.2 Å². The van der Waals surface area contributed by atoms with Gasteiger partial charge in [0.1, 0.15) is 5.54 Å². The fraction of sp³-hybridized carbons (Fsp3) is 0.400. The minimum absolute atomic E-state index is 0.0185. The van der Waals surface area contributed by atoms with Crippen molar-refractivity contribution in [2.24, 2.45) is 0 Å². The van der Waals surface area contributed by atoms with Gasteiger partial charge in [0.05, 0.1) is 36.9 Å². The van der Waals surface area contributed by atoms with E-state index in [0.29, 0.717) is 63.2 Å². The molecule has 6 N–H and O–H groups in total. The van der Waals surface area contributed by atoms with E-state index in [9.17, 15) is 19.5 Å². The van der Waals surface area contributed by atoms with Gasteiger partial charge in [-0.15, -0.1) is 0 Å². The standard InChI is InChI=1S/C45H54N6O6/c46-38-11-7-8-12-39(38)49-42(54)14-6-2-5-13-41(53)47-28-32-15-21-35(22-16-32)43-56-37(27-40(57-43)34-19-17-33(30-52)18-20-34)29-50-25-23-45(24-26-50)44(55)48-31-51(45)36-9-3-1-4-10-36/h1,3-4,7-12,15-22,37,40,43,52H,2,5-6,13-14,23-31,46H2,(H,47,53)(H,48,55)(H,49,54)/t37-,40+,43+/m1/s1. The number of unbranched alkanes of at least 4 members (excludes halogenated alkanes) is 2. The number of likely N-dealkylation sites (tertiary alicyclic amines) is 1. The van der Waals surface area contributed by atoms with Crippen molar-refractivity contribution in [2.45, 2.75) is 88.6 Å². The van der Waals surface area contributed by atoms with Gasteiger partial charge in [-0.3, -0.25) is 14.4 Å². The number of carbonyl (C=O) groups excluding carboxylic acids is 3. The molecule has 4 aromatic carbocycles. The fourth-order valence-electron chi connectivity index (χ4n) is 8.11. The number of nitrogens with zero attached hydrogens (tertiary/aromatic N) is 2. The van der Waals surface area contributed by atoms with Gasteiger partial charge in [0, 0.05) is 56.7 Å². The number of anilines is 3. The summed E-state index contributed by atoms with van der Waals surface area (Å²) in [4.78, 5) is 42.7. The summed E-state index contributed by atoms with van der Waals surface area (Å²) in [6.07, 6.45) is 4.17. The maximum absolute atomic E-state index is 13.2. The van der Waals surface area contributed by atoms with Crippen LogP contribution in [0.25, 0.3) is 0 Å². The molecule has 0 bridgehead atoms. The number of nitrogens with one attached hydrogen (secondary N) is 3. The minimum atomic E-state index is -0.590. The smallest absolute Gasteiger partial charge is 0.247 e. The number of benzene rings is 4. The van der Waals surface area contributed by atoms with Gasteiger partial charge in [-0.25, -0.2) is 0 Å². The zero-order chi connectivity index (χ0) is 39.6. The molecular formula is C45H54N6O6. The number of nitrogen functional groups attached to an aromatic ring is 1. The summed E-state index contributed by atoms with van der Waals surface area (Å²) < 4.78 is 13.3. The predicted octanol–water partition coefficient (Wildman–Crippen LogP) is 5.94. The minimum Gasteiger partial charge on any atom is -0.397 e. The van der Waals surface area contributed by atoms with Crippen LogP contribution in [0.15, 0.2) is 103 Å². The third-order valence-electron chi connectivity index (χ3n) is 11.4. The summed E-state index contributed by atoms with van der Waals surface area (Å²) in [5.41, 5.74) is 11.3. The normalized spacial score (nSPS) is 20.6. The molecule has 1 spiro atoms. The number of hydrogen-bond acceptors (Lipinski definition) is 9. The van der Waals surface area contributed by atoms with E-state index < -0.39 is 11.8 Å². The summed E-state index contributed by atoms with van der Waals surface area (Å²) in [6.45, 7) is 3.18. The first-order valence-electron chi connectivity index (χ1n) is 20.1. The Morgan fingerprint density at radius 2 is 1.47 bits per heavy atom. The molecule has 57 heavy (non-hydrogen) atoms. The lowest BCUT2D eigenvalue weighted by atomic mass is 9.85. The Kier molecular flexibility index (Phi) is 13.2. The number of ether oxygens (including phenoxy) is 2. The van der Waals surface area contributed by atoms with Gasteiger partial charge in [-0.1, -0.05) is 85.3 Å². The zero-order valence-corrected chi connectivity index (χ0v) is 32.4. The summed E-state index contributed by atoms with van der Waals surface area (Å²) >= 11 is 0. The number of para-hydroxylation sites is 3. The van der Waals surface area contributed by atoms with E-state index in [1.54, 1.807) is 12.1 Å². The average molecular weight is 775 g/mol. The van der Waals surface area contributed by atoms with Gasteiger partial charge in [0.15, 0.2) is 6.29 Å². The van der Waals surface area contributed by atoms with E-state index in [0.717, 1.165) is 60.3 Å². The molecule has 3 aliphatic heterocycles. The maximum Gasteiger partial charge on any atom is 0.247 e. The highest BCUT2D eigenvalue weighted by Gasteiger charge is 2.50. The largest absolute Gasteiger partial charge is 0.397 e. The number of amides is 3. The average Bonchev–Trinajstić information content (AvgIpc) is 3.56. The molecule has 12 heteroatoms. The summed E-state index contributed by atoms with van der Waals surface area (Å²) in [5, 5.41) is 18.6. The molecule has 4 aromatic rings. The second-order valence-corrected chi connectivity index (χ2v) is 15.3. The van der Waals surface area contributed by atoms with Crippen LogP contribution in [0.3, 0.4) is 0 Å². The van der Waals surface area contributed by atoms with Crippen molar-refractivity contribution in [1.82, 2.24) is 15.5 Å². The molecule has 0 unspecified atom stereocenters. The molecule has 7 rings (SSSR count). The van der Waals surface area contributed by atoms with Crippen LogP contribution in [0.1, 0.15) is 86.0 Å². The molecule has 0 aromatic heterocycles. The van der Waals surface area contributed by atoms with E-state index in [1.165, 1.54) is 0 Å². The third kappa shape index (κ3) is 10.0. The topological polar surface area (TPSA) is 158 Å². The predicted molar refractivity (Wildman–Crippen MR) is 220 cm³/mol. The highest BCUT2D eigenvalue weighted by Crippen LogP contribution is 2.40.